The molecule has 0 saturated carbocycles. The maximum atomic E-state index is 13.9. The minimum absolute atomic E-state index is 0.0167. The van der Waals surface area contributed by atoms with Crippen LogP contribution >= 0.6 is 0 Å². The Morgan fingerprint density at radius 2 is 1.63 bits per heavy atom. The first-order valence-corrected chi connectivity index (χ1v) is 11.6. The van der Waals surface area contributed by atoms with Crippen molar-refractivity contribution < 1.29 is 28.7 Å². The van der Waals surface area contributed by atoms with Crippen LogP contribution in [0.25, 0.3) is 0 Å². The van der Waals surface area contributed by atoms with Gasteiger partial charge in [0, 0.05) is 31.7 Å². The number of nitrogens with zero attached hydrogens (tertiary/aromatic N) is 2. The fourth-order valence-corrected chi connectivity index (χ4v) is 3.72. The van der Waals surface area contributed by atoms with Crippen LogP contribution in [0, 0.1) is 5.41 Å². The lowest BCUT2D eigenvalue weighted by molar-refractivity contribution is -0.138. The number of hydrogen-bond acceptors (Lipinski definition) is 6. The zero-order valence-electron chi connectivity index (χ0n) is 21.6. The van der Waals surface area contributed by atoms with Crippen molar-refractivity contribution in [1.82, 2.24) is 15.1 Å². The number of alkyl carbamates (subject to hydrolysis) is 1. The minimum atomic E-state index is -1.35. The summed E-state index contributed by atoms with van der Waals surface area (Å²) < 4.78 is 10.9. The highest BCUT2D eigenvalue weighted by Gasteiger charge is 2.47. The lowest BCUT2D eigenvalue weighted by atomic mass is 9.82. The standard InChI is InChI=1S/C26H37N3O6/c1-8-14-26(17-27-22(32)34-24(2,3)4)18-28(23(33)35-25(5,6)7)15-16-29(21(26)31)20(30)19-12-10-9-11-13-19/h8-13H,1,14-18H2,2-7H3,(H,27,32)/t26-/m0/s1. The van der Waals surface area contributed by atoms with Gasteiger partial charge in [0.25, 0.3) is 5.91 Å². The van der Waals surface area contributed by atoms with Gasteiger partial charge in [0.15, 0.2) is 0 Å². The van der Waals surface area contributed by atoms with Gasteiger partial charge in [-0.1, -0.05) is 24.3 Å². The maximum Gasteiger partial charge on any atom is 0.410 e. The van der Waals surface area contributed by atoms with Crippen LogP contribution in [-0.4, -0.2) is 71.2 Å². The number of carbonyl (C=O) groups excluding carboxylic acids is 4. The first-order valence-electron chi connectivity index (χ1n) is 11.6. The van der Waals surface area contributed by atoms with Gasteiger partial charge >= 0.3 is 12.2 Å². The van der Waals surface area contributed by atoms with Crippen molar-refractivity contribution in [2.24, 2.45) is 5.41 Å². The van der Waals surface area contributed by atoms with Crippen LogP contribution in [-0.2, 0) is 14.3 Å². The van der Waals surface area contributed by atoms with E-state index in [2.05, 4.69) is 11.9 Å². The van der Waals surface area contributed by atoms with Gasteiger partial charge in [0.05, 0.1) is 5.41 Å². The first kappa shape index (κ1) is 27.9. The quantitative estimate of drug-likeness (QED) is 0.497. The summed E-state index contributed by atoms with van der Waals surface area (Å²) in [5, 5.41) is 2.65. The summed E-state index contributed by atoms with van der Waals surface area (Å²) in [4.78, 5) is 55.2. The van der Waals surface area contributed by atoms with Gasteiger partial charge in [-0.2, -0.15) is 0 Å². The Morgan fingerprint density at radius 3 is 2.17 bits per heavy atom. The summed E-state index contributed by atoms with van der Waals surface area (Å²) in [7, 11) is 0. The number of allylic oxidation sites excluding steroid dienone is 1. The van der Waals surface area contributed by atoms with Crippen molar-refractivity contribution in [1.29, 1.82) is 0 Å². The molecule has 192 valence electrons. The van der Waals surface area contributed by atoms with Gasteiger partial charge in [-0.25, -0.2) is 9.59 Å². The number of nitrogens with one attached hydrogen (secondary N) is 1. The van der Waals surface area contributed by atoms with E-state index in [4.69, 9.17) is 9.47 Å². The monoisotopic (exact) mass is 487 g/mol. The van der Waals surface area contributed by atoms with E-state index in [1.54, 1.807) is 78.0 Å². The highest BCUT2D eigenvalue weighted by molar-refractivity contribution is 6.06. The number of amides is 4. The Balaban J connectivity index is 2.45. The zero-order chi connectivity index (χ0) is 26.4. The molecule has 35 heavy (non-hydrogen) atoms. The zero-order valence-corrected chi connectivity index (χ0v) is 21.6. The van der Waals surface area contributed by atoms with E-state index < -0.39 is 40.6 Å². The lowest BCUT2D eigenvalue weighted by Crippen LogP contribution is -2.54. The second kappa shape index (κ2) is 10.9. The van der Waals surface area contributed by atoms with Crippen LogP contribution in [0.15, 0.2) is 43.0 Å². The van der Waals surface area contributed by atoms with E-state index in [-0.39, 0.29) is 32.6 Å². The van der Waals surface area contributed by atoms with Gasteiger partial charge in [-0.15, -0.1) is 6.58 Å². The number of benzene rings is 1. The topological polar surface area (TPSA) is 105 Å². The van der Waals surface area contributed by atoms with Gasteiger partial charge < -0.3 is 19.7 Å². The van der Waals surface area contributed by atoms with Gasteiger partial charge in [0.1, 0.15) is 11.2 Å². The summed E-state index contributed by atoms with van der Waals surface area (Å²) in [5.74, 6) is -0.985. The molecule has 9 nitrogen and oxygen atoms in total. The van der Waals surface area contributed by atoms with Crippen LogP contribution in [0.2, 0.25) is 0 Å². The Hall–Kier alpha value is -3.36. The molecule has 0 unspecified atom stereocenters. The Labute approximate surface area is 207 Å². The molecule has 1 fully saturated rings. The summed E-state index contributed by atoms with van der Waals surface area (Å²) >= 11 is 0. The molecule has 1 heterocycles. The normalized spacial score (nSPS) is 19.0. The molecule has 0 bridgehead atoms. The van der Waals surface area contributed by atoms with E-state index in [0.29, 0.717) is 5.56 Å². The molecule has 4 amide bonds. The highest BCUT2D eigenvalue weighted by Crippen LogP contribution is 2.31. The fourth-order valence-electron chi connectivity index (χ4n) is 3.72. The third kappa shape index (κ3) is 7.83. The summed E-state index contributed by atoms with van der Waals surface area (Å²) in [6.45, 7) is 14.1. The lowest BCUT2D eigenvalue weighted by Gasteiger charge is -2.36. The Morgan fingerprint density at radius 1 is 1.03 bits per heavy atom. The molecule has 1 N–H and O–H groups in total. The average molecular weight is 488 g/mol. The van der Waals surface area contributed by atoms with Crippen molar-refractivity contribution in [3.05, 3.63) is 48.6 Å². The van der Waals surface area contributed by atoms with Crippen molar-refractivity contribution in [2.75, 3.05) is 26.2 Å². The number of rotatable bonds is 5. The second-order valence-corrected chi connectivity index (χ2v) is 10.7. The summed E-state index contributed by atoms with van der Waals surface area (Å²) in [6.07, 6.45) is 0.338. The summed E-state index contributed by atoms with van der Waals surface area (Å²) in [5.41, 5.74) is -2.49. The molecule has 0 aliphatic carbocycles. The number of hydrogen-bond donors (Lipinski definition) is 1. The van der Waals surface area contributed by atoms with E-state index in [9.17, 15) is 19.2 Å². The molecule has 1 atom stereocenters. The molecule has 9 heteroatoms. The second-order valence-electron chi connectivity index (χ2n) is 10.7. The molecular formula is C26H37N3O6. The highest BCUT2D eigenvalue weighted by atomic mass is 16.6. The molecule has 1 saturated heterocycles. The number of imide groups is 1. The molecule has 0 aromatic heterocycles. The molecule has 0 spiro atoms. The van der Waals surface area contributed by atoms with Crippen LogP contribution in [0.5, 0.6) is 0 Å². The van der Waals surface area contributed by atoms with Crippen LogP contribution in [0.3, 0.4) is 0 Å². The van der Waals surface area contributed by atoms with Gasteiger partial charge in [-0.05, 0) is 60.1 Å². The third-order valence-corrected chi connectivity index (χ3v) is 5.21. The Bertz CT molecular complexity index is 948. The molecular weight excluding hydrogens is 450 g/mol. The smallest absolute Gasteiger partial charge is 0.410 e. The van der Waals surface area contributed by atoms with Crippen LogP contribution in [0.1, 0.15) is 58.3 Å². The molecule has 1 aromatic carbocycles. The van der Waals surface area contributed by atoms with E-state index in [1.807, 2.05) is 0 Å². The first-order chi connectivity index (χ1) is 16.2. The molecule has 1 aliphatic rings. The van der Waals surface area contributed by atoms with Crippen LogP contribution in [0.4, 0.5) is 9.59 Å². The largest absolute Gasteiger partial charge is 0.444 e. The number of carbonyl (C=O) groups is 4. The minimum Gasteiger partial charge on any atom is -0.444 e. The SMILES string of the molecule is C=CC[C@]1(CNC(=O)OC(C)(C)C)CN(C(=O)OC(C)(C)C)CCN(C(=O)c2ccccc2)C1=O. The maximum absolute atomic E-state index is 13.9. The average Bonchev–Trinajstić information content (AvgIpc) is 2.88. The van der Waals surface area contributed by atoms with Crippen LogP contribution < -0.4 is 5.32 Å². The predicted octanol–water partition coefficient (Wildman–Crippen LogP) is 3.99. The van der Waals surface area contributed by atoms with E-state index >= 15 is 0 Å². The fraction of sp³-hybridized carbons (Fsp3) is 0.538. The van der Waals surface area contributed by atoms with Gasteiger partial charge in [-0.3, -0.25) is 14.5 Å². The Kier molecular flexibility index (Phi) is 8.70. The molecule has 1 aliphatic heterocycles. The predicted molar refractivity (Wildman–Crippen MR) is 132 cm³/mol. The number of ether oxygens (including phenoxy) is 2. The molecule has 2 rings (SSSR count). The van der Waals surface area contributed by atoms with Gasteiger partial charge in [0.2, 0.25) is 5.91 Å². The third-order valence-electron chi connectivity index (χ3n) is 5.21. The molecule has 1 aromatic rings. The van der Waals surface area contributed by atoms with Crippen molar-refractivity contribution >= 4 is 24.0 Å². The molecule has 0 radical (unpaired) electrons. The summed E-state index contributed by atoms with van der Waals surface area (Å²) in [6, 6.07) is 8.45. The van der Waals surface area contributed by atoms with E-state index in [1.165, 1.54) is 4.90 Å². The van der Waals surface area contributed by atoms with Crippen molar-refractivity contribution in [3.63, 3.8) is 0 Å². The van der Waals surface area contributed by atoms with Crippen molar-refractivity contribution in [2.45, 2.75) is 59.2 Å². The van der Waals surface area contributed by atoms with E-state index in [0.717, 1.165) is 4.90 Å². The van der Waals surface area contributed by atoms with Crippen molar-refractivity contribution in [3.8, 4) is 0 Å².